The van der Waals surface area contributed by atoms with Crippen LogP contribution in [0.15, 0.2) is 36.4 Å². The molecule has 0 bridgehead atoms. The second-order valence-electron chi connectivity index (χ2n) is 4.50. The van der Waals surface area contributed by atoms with Gasteiger partial charge in [0.05, 0.1) is 0 Å². The molecule has 0 radical (unpaired) electrons. The minimum absolute atomic E-state index is 0.320. The summed E-state index contributed by atoms with van der Waals surface area (Å²) in [7, 11) is 0. The minimum atomic E-state index is -1.63. The third-order valence-corrected chi connectivity index (χ3v) is 4.30. The maximum absolute atomic E-state index is 13.7. The van der Waals surface area contributed by atoms with Gasteiger partial charge in [0.1, 0.15) is 11.9 Å². The number of aliphatic hydroxyl groups excluding tert-OH is 1. The number of benzene rings is 2. The van der Waals surface area contributed by atoms with Crippen molar-refractivity contribution in [1.82, 2.24) is 0 Å². The normalized spacial score (nSPS) is 12.8. The second-order valence-corrected chi connectivity index (χ2v) is 5.61. The van der Waals surface area contributed by atoms with Gasteiger partial charge in [-0.1, -0.05) is 0 Å². The largest absolute Gasteiger partial charge is 0.383 e. The Morgan fingerprint density at radius 2 is 1.67 bits per heavy atom. The standard InChI is InChI=1S/C15H8F4OS/c16-8-1-4-11-7(5-8)6-12(21-11)15(20)9-2-3-10(17)14(19)13(9)18/h1-6,15,20H. The van der Waals surface area contributed by atoms with Crippen molar-refractivity contribution in [2.75, 3.05) is 0 Å². The fraction of sp³-hybridized carbons (Fsp3) is 0.0667. The van der Waals surface area contributed by atoms with Crippen LogP contribution in [-0.4, -0.2) is 5.11 Å². The van der Waals surface area contributed by atoms with Crippen molar-refractivity contribution in [1.29, 1.82) is 0 Å². The van der Waals surface area contributed by atoms with E-state index in [4.69, 9.17) is 0 Å². The molecule has 1 aromatic heterocycles. The Hall–Kier alpha value is -1.92. The Morgan fingerprint density at radius 1 is 0.905 bits per heavy atom. The molecule has 3 rings (SSSR count). The minimum Gasteiger partial charge on any atom is -0.383 e. The van der Waals surface area contributed by atoms with Gasteiger partial charge < -0.3 is 5.11 Å². The highest BCUT2D eigenvalue weighted by molar-refractivity contribution is 7.19. The van der Waals surface area contributed by atoms with Gasteiger partial charge in [-0.15, -0.1) is 11.3 Å². The van der Waals surface area contributed by atoms with Crippen LogP contribution in [-0.2, 0) is 0 Å². The topological polar surface area (TPSA) is 20.2 Å². The fourth-order valence-electron chi connectivity index (χ4n) is 2.07. The molecule has 0 spiro atoms. The van der Waals surface area contributed by atoms with Gasteiger partial charge in [-0.3, -0.25) is 0 Å². The van der Waals surface area contributed by atoms with Crippen LogP contribution in [0.1, 0.15) is 16.5 Å². The highest BCUT2D eigenvalue weighted by Crippen LogP contribution is 2.35. The Labute approximate surface area is 121 Å². The summed E-state index contributed by atoms with van der Waals surface area (Å²) in [5, 5.41) is 10.7. The van der Waals surface area contributed by atoms with Crippen molar-refractivity contribution in [3.8, 4) is 0 Å². The lowest BCUT2D eigenvalue weighted by Crippen LogP contribution is -2.04. The summed E-state index contributed by atoms with van der Waals surface area (Å²) >= 11 is 1.13. The lowest BCUT2D eigenvalue weighted by Gasteiger charge is -2.10. The predicted octanol–water partition coefficient (Wildman–Crippen LogP) is 4.54. The summed E-state index contributed by atoms with van der Waals surface area (Å²) in [5.74, 6) is -4.80. The first-order valence-corrected chi connectivity index (χ1v) is 6.79. The van der Waals surface area contributed by atoms with E-state index in [-0.39, 0.29) is 5.56 Å². The monoisotopic (exact) mass is 312 g/mol. The van der Waals surface area contributed by atoms with Crippen LogP contribution in [0.25, 0.3) is 10.1 Å². The molecule has 0 saturated carbocycles. The molecular weight excluding hydrogens is 304 g/mol. The van der Waals surface area contributed by atoms with Crippen LogP contribution < -0.4 is 0 Å². The number of hydrogen-bond donors (Lipinski definition) is 1. The van der Waals surface area contributed by atoms with Crippen molar-refractivity contribution in [2.24, 2.45) is 0 Å². The van der Waals surface area contributed by atoms with Crippen LogP contribution in [0.5, 0.6) is 0 Å². The lowest BCUT2D eigenvalue weighted by molar-refractivity contribution is 0.216. The molecule has 0 aliphatic carbocycles. The average Bonchev–Trinajstić information content (AvgIpc) is 2.87. The molecular formula is C15H8F4OS. The van der Waals surface area contributed by atoms with Gasteiger partial charge in [-0.25, -0.2) is 17.6 Å². The van der Waals surface area contributed by atoms with Crippen LogP contribution >= 0.6 is 11.3 Å². The molecule has 1 unspecified atom stereocenters. The molecule has 6 heteroatoms. The summed E-state index contributed by atoms with van der Waals surface area (Å²) in [6.45, 7) is 0. The van der Waals surface area contributed by atoms with Crippen molar-refractivity contribution in [3.63, 3.8) is 0 Å². The van der Waals surface area contributed by atoms with Gasteiger partial charge in [0.2, 0.25) is 0 Å². The van der Waals surface area contributed by atoms with Gasteiger partial charge >= 0.3 is 0 Å². The summed E-state index contributed by atoms with van der Waals surface area (Å²) in [4.78, 5) is 0.320. The van der Waals surface area contributed by atoms with E-state index in [9.17, 15) is 22.7 Å². The van der Waals surface area contributed by atoms with Crippen LogP contribution in [0.2, 0.25) is 0 Å². The number of aliphatic hydroxyl groups is 1. The number of halogens is 4. The number of fused-ring (bicyclic) bond motifs is 1. The van der Waals surface area contributed by atoms with E-state index in [1.807, 2.05) is 0 Å². The fourth-order valence-corrected chi connectivity index (χ4v) is 3.12. The zero-order chi connectivity index (χ0) is 15.1. The summed E-state index contributed by atoms with van der Waals surface area (Å²) in [6.07, 6.45) is -1.44. The van der Waals surface area contributed by atoms with E-state index < -0.39 is 29.4 Å². The van der Waals surface area contributed by atoms with Gasteiger partial charge in [0.25, 0.3) is 0 Å². The van der Waals surface area contributed by atoms with E-state index in [0.29, 0.717) is 15.0 Å². The molecule has 0 aliphatic heterocycles. The van der Waals surface area contributed by atoms with E-state index in [1.165, 1.54) is 24.3 Å². The molecule has 2 aromatic carbocycles. The maximum atomic E-state index is 13.7. The Balaban J connectivity index is 2.08. The SMILES string of the molecule is OC(c1cc2cc(F)ccc2s1)c1ccc(F)c(F)c1F. The van der Waals surface area contributed by atoms with Crippen LogP contribution in [0.4, 0.5) is 17.6 Å². The molecule has 0 aliphatic rings. The smallest absolute Gasteiger partial charge is 0.194 e. The summed E-state index contributed by atoms with van der Waals surface area (Å²) < 4.78 is 53.6. The molecule has 3 aromatic rings. The van der Waals surface area contributed by atoms with Gasteiger partial charge in [-0.05, 0) is 41.8 Å². The highest BCUT2D eigenvalue weighted by atomic mass is 32.1. The van der Waals surface area contributed by atoms with Crippen LogP contribution in [0, 0.1) is 23.3 Å². The molecule has 0 saturated heterocycles. The van der Waals surface area contributed by atoms with E-state index in [1.54, 1.807) is 0 Å². The number of rotatable bonds is 2. The quantitative estimate of drug-likeness (QED) is 0.544. The van der Waals surface area contributed by atoms with Crippen molar-refractivity contribution < 1.29 is 22.7 Å². The predicted molar refractivity (Wildman–Crippen MR) is 72.2 cm³/mol. The molecule has 1 atom stereocenters. The van der Waals surface area contributed by atoms with E-state index >= 15 is 0 Å². The third kappa shape index (κ3) is 2.41. The first kappa shape index (κ1) is 14.0. The molecule has 1 N–H and O–H groups in total. The molecule has 1 heterocycles. The van der Waals surface area contributed by atoms with Crippen molar-refractivity contribution in [2.45, 2.75) is 6.10 Å². The highest BCUT2D eigenvalue weighted by Gasteiger charge is 2.22. The zero-order valence-electron chi connectivity index (χ0n) is 10.4. The van der Waals surface area contributed by atoms with Gasteiger partial charge in [0, 0.05) is 15.1 Å². The number of hydrogen-bond acceptors (Lipinski definition) is 2. The second kappa shape index (κ2) is 5.13. The molecule has 1 nitrogen and oxygen atoms in total. The maximum Gasteiger partial charge on any atom is 0.194 e. The molecule has 0 fully saturated rings. The summed E-state index contributed by atoms with van der Waals surface area (Å²) in [6, 6.07) is 7.33. The van der Waals surface area contributed by atoms with Gasteiger partial charge in [-0.2, -0.15) is 0 Å². The third-order valence-electron chi connectivity index (χ3n) is 3.13. The molecule has 108 valence electrons. The first-order valence-electron chi connectivity index (χ1n) is 5.98. The molecule has 0 amide bonds. The van der Waals surface area contributed by atoms with Crippen LogP contribution in [0.3, 0.4) is 0 Å². The molecule has 21 heavy (non-hydrogen) atoms. The first-order chi connectivity index (χ1) is 9.97. The number of thiophene rings is 1. The zero-order valence-corrected chi connectivity index (χ0v) is 11.2. The van der Waals surface area contributed by atoms with E-state index in [2.05, 4.69) is 0 Å². The average molecular weight is 312 g/mol. The van der Waals surface area contributed by atoms with Crippen molar-refractivity contribution >= 4 is 21.4 Å². The lowest BCUT2D eigenvalue weighted by atomic mass is 10.1. The Kier molecular flexibility index (Phi) is 3.43. The van der Waals surface area contributed by atoms with E-state index in [0.717, 1.165) is 23.5 Å². The Bertz CT molecular complexity index is 828. The Morgan fingerprint density at radius 3 is 2.43 bits per heavy atom. The van der Waals surface area contributed by atoms with Crippen molar-refractivity contribution in [3.05, 3.63) is 70.1 Å². The summed E-state index contributed by atoms with van der Waals surface area (Å²) in [5.41, 5.74) is -0.360. The van der Waals surface area contributed by atoms with Gasteiger partial charge in [0.15, 0.2) is 17.5 Å².